The van der Waals surface area contributed by atoms with E-state index in [1.54, 1.807) is 6.20 Å². The Kier molecular flexibility index (Phi) is 6.26. The summed E-state index contributed by atoms with van der Waals surface area (Å²) in [6, 6.07) is 4.01. The van der Waals surface area contributed by atoms with Crippen LogP contribution in [0.4, 0.5) is 0 Å². The van der Waals surface area contributed by atoms with Gasteiger partial charge in [0.15, 0.2) is 0 Å². The Morgan fingerprint density at radius 2 is 2.29 bits per heavy atom. The van der Waals surface area contributed by atoms with Crippen LogP contribution in [-0.2, 0) is 0 Å². The zero-order valence-corrected chi connectivity index (χ0v) is 11.0. The first-order valence-corrected chi connectivity index (χ1v) is 6.16. The molecule has 0 aliphatic rings. The SMILES string of the molecule is CC=CC(=N/C=C\CCCl)c1ccc(C)nc1. The Labute approximate surface area is 108 Å². The Balaban J connectivity index is 2.89. The average molecular weight is 249 g/mol. The molecule has 0 aromatic carbocycles. The first kappa shape index (κ1) is 13.7. The van der Waals surface area contributed by atoms with Crippen LogP contribution >= 0.6 is 11.6 Å². The molecule has 0 radical (unpaired) electrons. The second-order valence-electron chi connectivity index (χ2n) is 3.57. The zero-order valence-electron chi connectivity index (χ0n) is 10.2. The van der Waals surface area contributed by atoms with Crippen molar-refractivity contribution in [1.82, 2.24) is 4.98 Å². The van der Waals surface area contributed by atoms with Gasteiger partial charge in [0.25, 0.3) is 0 Å². The maximum Gasteiger partial charge on any atom is 0.0714 e. The highest BCUT2D eigenvalue weighted by Crippen LogP contribution is 2.04. The first-order chi connectivity index (χ1) is 8.27. The van der Waals surface area contributed by atoms with Gasteiger partial charge in [0, 0.05) is 29.5 Å². The van der Waals surface area contributed by atoms with E-state index in [1.807, 2.05) is 50.4 Å². The summed E-state index contributed by atoms with van der Waals surface area (Å²) in [7, 11) is 0. The van der Waals surface area contributed by atoms with E-state index in [0.29, 0.717) is 5.88 Å². The molecule has 0 saturated heterocycles. The van der Waals surface area contributed by atoms with Gasteiger partial charge in [-0.25, -0.2) is 0 Å². The Morgan fingerprint density at radius 1 is 1.47 bits per heavy atom. The van der Waals surface area contributed by atoms with Crippen molar-refractivity contribution < 1.29 is 0 Å². The fourth-order valence-corrected chi connectivity index (χ4v) is 1.39. The van der Waals surface area contributed by atoms with Crippen molar-refractivity contribution in [3.63, 3.8) is 0 Å². The fraction of sp³-hybridized carbons (Fsp3) is 0.286. The predicted molar refractivity (Wildman–Crippen MR) is 74.8 cm³/mol. The second-order valence-corrected chi connectivity index (χ2v) is 3.94. The molecule has 0 saturated carbocycles. The highest BCUT2D eigenvalue weighted by atomic mass is 35.5. The van der Waals surface area contributed by atoms with Gasteiger partial charge >= 0.3 is 0 Å². The average Bonchev–Trinajstić information content (AvgIpc) is 2.34. The number of nitrogens with zero attached hydrogens (tertiary/aromatic N) is 2. The van der Waals surface area contributed by atoms with Crippen LogP contribution in [0.5, 0.6) is 0 Å². The lowest BCUT2D eigenvalue weighted by Crippen LogP contribution is -1.97. The molecule has 90 valence electrons. The minimum atomic E-state index is 0.622. The maximum absolute atomic E-state index is 5.59. The number of aliphatic imine (C=N–C) groups is 1. The molecule has 1 aromatic rings. The lowest BCUT2D eigenvalue weighted by Gasteiger charge is -2.00. The van der Waals surface area contributed by atoms with Crippen LogP contribution in [0.3, 0.4) is 0 Å². The summed E-state index contributed by atoms with van der Waals surface area (Å²) in [6.45, 7) is 3.94. The molecule has 0 amide bonds. The van der Waals surface area contributed by atoms with Crippen molar-refractivity contribution in [3.8, 4) is 0 Å². The molecular formula is C14H17ClN2. The van der Waals surface area contributed by atoms with Crippen molar-refractivity contribution in [3.05, 3.63) is 54.0 Å². The number of aryl methyl sites for hydroxylation is 1. The van der Waals surface area contributed by atoms with Crippen LogP contribution in [0.25, 0.3) is 0 Å². The fourth-order valence-electron chi connectivity index (χ4n) is 1.26. The van der Waals surface area contributed by atoms with Gasteiger partial charge in [0.1, 0.15) is 0 Å². The Hall–Kier alpha value is -1.41. The molecule has 2 nitrogen and oxygen atoms in total. The van der Waals surface area contributed by atoms with Crippen molar-refractivity contribution >= 4 is 17.3 Å². The molecule has 0 unspecified atom stereocenters. The quantitative estimate of drug-likeness (QED) is 0.573. The largest absolute Gasteiger partial charge is 0.261 e. The molecule has 1 rings (SSSR count). The molecule has 0 aliphatic carbocycles. The molecule has 0 aliphatic heterocycles. The molecule has 0 fully saturated rings. The highest BCUT2D eigenvalue weighted by molar-refractivity contribution is 6.17. The van der Waals surface area contributed by atoms with Crippen molar-refractivity contribution in [2.24, 2.45) is 4.99 Å². The molecule has 1 aromatic heterocycles. The number of hydrogen-bond acceptors (Lipinski definition) is 2. The standard InChI is InChI=1S/C14H17ClN2/c1-3-6-14(16-10-5-4-9-15)13-8-7-12(2)17-11-13/h3,5-8,10-11H,4,9H2,1-2H3/b6-3?,10-5-,16-14?. The van der Waals surface area contributed by atoms with E-state index in [9.17, 15) is 0 Å². The van der Waals surface area contributed by atoms with Gasteiger partial charge in [-0.2, -0.15) is 0 Å². The molecule has 1 heterocycles. The third-order valence-corrected chi connectivity index (χ3v) is 2.34. The van der Waals surface area contributed by atoms with Crippen LogP contribution in [0.15, 0.2) is 47.7 Å². The Morgan fingerprint density at radius 3 is 2.88 bits per heavy atom. The molecule has 0 atom stereocenters. The summed E-state index contributed by atoms with van der Waals surface area (Å²) >= 11 is 5.59. The van der Waals surface area contributed by atoms with Gasteiger partial charge in [-0.15, -0.1) is 11.6 Å². The maximum atomic E-state index is 5.59. The first-order valence-electron chi connectivity index (χ1n) is 5.62. The van der Waals surface area contributed by atoms with Crippen molar-refractivity contribution in [2.45, 2.75) is 20.3 Å². The second kappa shape index (κ2) is 7.80. The molecule has 0 spiro atoms. The normalized spacial score (nSPS) is 12.8. The smallest absolute Gasteiger partial charge is 0.0714 e. The van der Waals surface area contributed by atoms with Crippen LogP contribution < -0.4 is 0 Å². The summed E-state index contributed by atoms with van der Waals surface area (Å²) in [5.41, 5.74) is 2.93. The van der Waals surface area contributed by atoms with Crippen LogP contribution in [0, 0.1) is 6.92 Å². The van der Waals surface area contributed by atoms with Crippen LogP contribution in [-0.4, -0.2) is 16.6 Å². The van der Waals surface area contributed by atoms with E-state index in [-0.39, 0.29) is 0 Å². The summed E-state index contributed by atoms with van der Waals surface area (Å²) in [4.78, 5) is 8.67. The molecule has 0 N–H and O–H groups in total. The van der Waals surface area contributed by atoms with Gasteiger partial charge in [0.2, 0.25) is 0 Å². The van der Waals surface area contributed by atoms with Gasteiger partial charge in [-0.05, 0) is 38.5 Å². The number of pyridine rings is 1. The number of halogens is 1. The third-order valence-electron chi connectivity index (χ3n) is 2.13. The molecule has 3 heteroatoms. The van der Waals surface area contributed by atoms with Crippen LogP contribution in [0.1, 0.15) is 24.6 Å². The summed E-state index contributed by atoms with van der Waals surface area (Å²) in [5, 5.41) is 0. The number of rotatable bonds is 5. The molecular weight excluding hydrogens is 232 g/mol. The lowest BCUT2D eigenvalue weighted by atomic mass is 10.1. The minimum Gasteiger partial charge on any atom is -0.261 e. The van der Waals surface area contributed by atoms with Gasteiger partial charge in [-0.1, -0.05) is 12.2 Å². The lowest BCUT2D eigenvalue weighted by molar-refractivity contribution is 1.19. The van der Waals surface area contributed by atoms with Crippen molar-refractivity contribution in [1.29, 1.82) is 0 Å². The van der Waals surface area contributed by atoms with E-state index in [4.69, 9.17) is 11.6 Å². The van der Waals surface area contributed by atoms with E-state index < -0.39 is 0 Å². The molecule has 17 heavy (non-hydrogen) atoms. The van der Waals surface area contributed by atoms with Gasteiger partial charge in [0.05, 0.1) is 5.71 Å². The van der Waals surface area contributed by atoms with Crippen molar-refractivity contribution in [2.75, 3.05) is 5.88 Å². The third kappa shape index (κ3) is 4.96. The van der Waals surface area contributed by atoms with E-state index in [2.05, 4.69) is 9.98 Å². The summed E-state index contributed by atoms with van der Waals surface area (Å²) in [5.74, 6) is 0.622. The van der Waals surface area contributed by atoms with E-state index in [0.717, 1.165) is 23.4 Å². The summed E-state index contributed by atoms with van der Waals surface area (Å²) in [6.07, 6.45) is 10.4. The monoisotopic (exact) mass is 248 g/mol. The van der Waals surface area contributed by atoms with Crippen LogP contribution in [0.2, 0.25) is 0 Å². The molecule has 0 bridgehead atoms. The number of hydrogen-bond donors (Lipinski definition) is 0. The topological polar surface area (TPSA) is 25.2 Å². The van der Waals surface area contributed by atoms with E-state index in [1.165, 1.54) is 0 Å². The van der Waals surface area contributed by atoms with Gasteiger partial charge in [-0.3, -0.25) is 9.98 Å². The van der Waals surface area contributed by atoms with Gasteiger partial charge < -0.3 is 0 Å². The number of alkyl halides is 1. The summed E-state index contributed by atoms with van der Waals surface area (Å²) < 4.78 is 0. The zero-order chi connectivity index (χ0) is 12.5. The van der Waals surface area contributed by atoms with E-state index >= 15 is 0 Å². The minimum absolute atomic E-state index is 0.622. The number of aromatic nitrogens is 1. The highest BCUT2D eigenvalue weighted by Gasteiger charge is 1.98. The predicted octanol–water partition coefficient (Wildman–Crippen LogP) is 3.90. The number of allylic oxidation sites excluding steroid dienone is 3. The Bertz CT molecular complexity index is 416.